The van der Waals surface area contributed by atoms with Crippen LogP contribution < -0.4 is 5.32 Å². The van der Waals surface area contributed by atoms with E-state index in [-0.39, 0.29) is 5.91 Å². The molecule has 1 amide bonds. The molecule has 1 aromatic carbocycles. The molecule has 100 valence electrons. The van der Waals surface area contributed by atoms with Gasteiger partial charge in [0, 0.05) is 17.9 Å². The predicted octanol–water partition coefficient (Wildman–Crippen LogP) is 3.42. The lowest BCUT2D eigenvalue weighted by atomic mass is 10.1. The summed E-state index contributed by atoms with van der Waals surface area (Å²) in [6, 6.07) is 9.27. The summed E-state index contributed by atoms with van der Waals surface area (Å²) >= 11 is 1.57. The molecule has 2 aromatic heterocycles. The zero-order valence-corrected chi connectivity index (χ0v) is 11.5. The number of aromatic nitrogens is 2. The quantitative estimate of drug-likeness (QED) is 0.800. The number of rotatable bonds is 3. The van der Waals surface area contributed by atoms with Crippen LogP contribution in [0.1, 0.15) is 6.92 Å². The van der Waals surface area contributed by atoms with Crippen molar-refractivity contribution in [1.82, 2.24) is 10.1 Å². The third-order valence-corrected chi connectivity index (χ3v) is 3.36. The number of para-hydroxylation sites is 1. The van der Waals surface area contributed by atoms with Crippen molar-refractivity contribution in [3.8, 4) is 22.8 Å². The Morgan fingerprint density at radius 2 is 2.15 bits per heavy atom. The van der Waals surface area contributed by atoms with E-state index in [1.165, 1.54) is 6.92 Å². The normalized spacial score (nSPS) is 10.4. The minimum absolute atomic E-state index is 0.140. The van der Waals surface area contributed by atoms with Gasteiger partial charge in [-0.2, -0.15) is 16.3 Å². The largest absolute Gasteiger partial charge is 0.334 e. The van der Waals surface area contributed by atoms with E-state index in [0.717, 1.165) is 11.1 Å². The first-order valence-corrected chi connectivity index (χ1v) is 6.91. The number of thiophene rings is 1. The average molecular weight is 285 g/mol. The topological polar surface area (TPSA) is 68.0 Å². The van der Waals surface area contributed by atoms with E-state index >= 15 is 0 Å². The maximum Gasteiger partial charge on any atom is 0.259 e. The number of amides is 1. The van der Waals surface area contributed by atoms with Crippen molar-refractivity contribution < 1.29 is 9.32 Å². The molecule has 0 saturated heterocycles. The van der Waals surface area contributed by atoms with Crippen molar-refractivity contribution in [2.75, 3.05) is 5.32 Å². The van der Waals surface area contributed by atoms with Crippen molar-refractivity contribution in [3.63, 3.8) is 0 Å². The van der Waals surface area contributed by atoms with Gasteiger partial charge in [0.2, 0.25) is 11.7 Å². The number of hydrogen-bond acceptors (Lipinski definition) is 5. The number of carbonyl (C=O) groups is 1. The second kappa shape index (κ2) is 5.26. The van der Waals surface area contributed by atoms with Crippen LogP contribution >= 0.6 is 11.3 Å². The molecule has 1 N–H and O–H groups in total. The average Bonchev–Trinajstić information content (AvgIpc) is 3.10. The molecule has 6 heteroatoms. The van der Waals surface area contributed by atoms with E-state index in [1.54, 1.807) is 17.4 Å². The fourth-order valence-corrected chi connectivity index (χ4v) is 2.44. The molecule has 0 aliphatic heterocycles. The fourth-order valence-electron chi connectivity index (χ4n) is 1.81. The summed E-state index contributed by atoms with van der Waals surface area (Å²) in [5, 5.41) is 10.6. The second-order valence-electron chi connectivity index (χ2n) is 4.16. The molecule has 0 spiro atoms. The van der Waals surface area contributed by atoms with Gasteiger partial charge < -0.3 is 9.84 Å². The first kappa shape index (κ1) is 12.6. The van der Waals surface area contributed by atoms with Crippen molar-refractivity contribution in [3.05, 3.63) is 41.1 Å². The van der Waals surface area contributed by atoms with Crippen LogP contribution in [0, 0.1) is 0 Å². The second-order valence-corrected chi connectivity index (χ2v) is 4.94. The summed E-state index contributed by atoms with van der Waals surface area (Å²) < 4.78 is 5.26. The van der Waals surface area contributed by atoms with E-state index in [9.17, 15) is 4.79 Å². The summed E-state index contributed by atoms with van der Waals surface area (Å²) in [5.41, 5.74) is 2.29. The Hall–Kier alpha value is -2.47. The number of nitrogens with one attached hydrogen (secondary N) is 1. The molecule has 0 saturated carbocycles. The molecule has 0 fully saturated rings. The molecule has 5 nitrogen and oxygen atoms in total. The molecular formula is C14H11N3O2S. The Labute approximate surface area is 119 Å². The molecule has 3 aromatic rings. The molecule has 3 rings (SSSR count). The number of carbonyl (C=O) groups excluding carboxylic acids is 1. The van der Waals surface area contributed by atoms with Gasteiger partial charge in [0.1, 0.15) is 0 Å². The predicted molar refractivity (Wildman–Crippen MR) is 77.4 cm³/mol. The molecule has 0 atom stereocenters. The fraction of sp³-hybridized carbons (Fsp3) is 0.0714. The van der Waals surface area contributed by atoms with Gasteiger partial charge in [-0.05, 0) is 23.6 Å². The van der Waals surface area contributed by atoms with Gasteiger partial charge in [-0.15, -0.1) is 0 Å². The highest BCUT2D eigenvalue weighted by Crippen LogP contribution is 2.28. The number of benzene rings is 1. The van der Waals surface area contributed by atoms with Crippen LogP contribution in [-0.4, -0.2) is 16.0 Å². The molecule has 20 heavy (non-hydrogen) atoms. The lowest BCUT2D eigenvalue weighted by Crippen LogP contribution is -2.06. The lowest BCUT2D eigenvalue weighted by Gasteiger charge is -2.05. The third kappa shape index (κ3) is 2.46. The summed E-state index contributed by atoms with van der Waals surface area (Å²) in [5.74, 6) is 0.786. The summed E-state index contributed by atoms with van der Waals surface area (Å²) in [6.07, 6.45) is 0. The smallest absolute Gasteiger partial charge is 0.259 e. The van der Waals surface area contributed by atoms with Gasteiger partial charge in [0.15, 0.2) is 0 Å². The van der Waals surface area contributed by atoms with Gasteiger partial charge in [-0.1, -0.05) is 17.3 Å². The highest BCUT2D eigenvalue weighted by Gasteiger charge is 2.14. The van der Waals surface area contributed by atoms with E-state index < -0.39 is 0 Å². The van der Waals surface area contributed by atoms with E-state index in [1.807, 2.05) is 35.0 Å². The zero-order valence-electron chi connectivity index (χ0n) is 10.7. The van der Waals surface area contributed by atoms with Crippen LogP contribution in [0.5, 0.6) is 0 Å². The Kier molecular flexibility index (Phi) is 3.30. The van der Waals surface area contributed by atoms with Gasteiger partial charge in [-0.25, -0.2) is 0 Å². The Balaban J connectivity index is 1.99. The van der Waals surface area contributed by atoms with Crippen LogP contribution in [0.15, 0.2) is 45.6 Å². The molecule has 0 bridgehead atoms. The van der Waals surface area contributed by atoms with Crippen molar-refractivity contribution in [2.45, 2.75) is 6.92 Å². The van der Waals surface area contributed by atoms with Crippen molar-refractivity contribution in [2.24, 2.45) is 0 Å². The van der Waals surface area contributed by atoms with Crippen LogP contribution in [0.3, 0.4) is 0 Å². The Bertz CT molecular complexity index is 734. The third-order valence-electron chi connectivity index (χ3n) is 2.67. The molecule has 0 unspecified atom stereocenters. The van der Waals surface area contributed by atoms with E-state index in [0.29, 0.717) is 17.4 Å². The Morgan fingerprint density at radius 3 is 2.90 bits per heavy atom. The SMILES string of the molecule is CC(=O)Nc1ccccc1-c1noc(-c2ccsc2)n1. The molecule has 0 aliphatic carbocycles. The van der Waals surface area contributed by atoms with Gasteiger partial charge in [0.05, 0.1) is 11.3 Å². The van der Waals surface area contributed by atoms with E-state index in [2.05, 4.69) is 15.5 Å². The molecular weight excluding hydrogens is 274 g/mol. The highest BCUT2D eigenvalue weighted by atomic mass is 32.1. The summed E-state index contributed by atoms with van der Waals surface area (Å²) in [4.78, 5) is 15.6. The standard InChI is InChI=1S/C14H11N3O2S/c1-9(18)15-12-5-3-2-4-11(12)13-16-14(19-17-13)10-6-7-20-8-10/h2-8H,1H3,(H,15,18). The molecule has 0 aliphatic rings. The van der Waals surface area contributed by atoms with Gasteiger partial charge in [0.25, 0.3) is 5.89 Å². The van der Waals surface area contributed by atoms with Crippen LogP contribution in [0.25, 0.3) is 22.8 Å². The van der Waals surface area contributed by atoms with E-state index in [4.69, 9.17) is 4.52 Å². The molecule has 0 radical (unpaired) electrons. The van der Waals surface area contributed by atoms with Crippen molar-refractivity contribution in [1.29, 1.82) is 0 Å². The maximum atomic E-state index is 11.2. The number of anilines is 1. The van der Waals surface area contributed by atoms with Crippen LogP contribution in [0.2, 0.25) is 0 Å². The summed E-state index contributed by atoms with van der Waals surface area (Å²) in [6.45, 7) is 1.46. The minimum atomic E-state index is -0.140. The number of nitrogens with zero attached hydrogens (tertiary/aromatic N) is 2. The lowest BCUT2D eigenvalue weighted by molar-refractivity contribution is -0.114. The number of hydrogen-bond donors (Lipinski definition) is 1. The van der Waals surface area contributed by atoms with Crippen LogP contribution in [-0.2, 0) is 4.79 Å². The van der Waals surface area contributed by atoms with Gasteiger partial charge in [-0.3, -0.25) is 4.79 Å². The summed E-state index contributed by atoms with van der Waals surface area (Å²) in [7, 11) is 0. The van der Waals surface area contributed by atoms with Crippen LogP contribution in [0.4, 0.5) is 5.69 Å². The van der Waals surface area contributed by atoms with Gasteiger partial charge >= 0.3 is 0 Å². The Morgan fingerprint density at radius 1 is 1.30 bits per heavy atom. The maximum absolute atomic E-state index is 11.2. The first-order valence-electron chi connectivity index (χ1n) is 5.97. The molecule has 2 heterocycles. The minimum Gasteiger partial charge on any atom is -0.334 e. The van der Waals surface area contributed by atoms with Crippen molar-refractivity contribution >= 4 is 22.9 Å². The first-order chi connectivity index (χ1) is 9.74. The highest BCUT2D eigenvalue weighted by molar-refractivity contribution is 7.08. The zero-order chi connectivity index (χ0) is 13.9. The monoisotopic (exact) mass is 285 g/mol.